The lowest BCUT2D eigenvalue weighted by Crippen LogP contribution is -2.24. The van der Waals surface area contributed by atoms with Gasteiger partial charge in [-0.25, -0.2) is 4.39 Å². The van der Waals surface area contributed by atoms with Crippen LogP contribution in [0.25, 0.3) is 0 Å². The van der Waals surface area contributed by atoms with Crippen LogP contribution in [-0.2, 0) is 6.54 Å². The van der Waals surface area contributed by atoms with Crippen molar-refractivity contribution in [3.8, 4) is 0 Å². The Hall–Kier alpha value is -2.20. The van der Waals surface area contributed by atoms with Crippen molar-refractivity contribution in [1.29, 1.82) is 5.41 Å². The van der Waals surface area contributed by atoms with Crippen LogP contribution in [0.1, 0.15) is 29.7 Å². The number of nitrogens with one attached hydrogen (secondary N) is 1. The molecule has 0 bridgehead atoms. The second-order valence-corrected chi connectivity index (χ2v) is 5.18. The molecule has 0 aliphatic rings. The molecule has 0 aromatic heterocycles. The van der Waals surface area contributed by atoms with Crippen LogP contribution in [0.5, 0.6) is 0 Å². The summed E-state index contributed by atoms with van der Waals surface area (Å²) in [6.45, 7) is 2.57. The van der Waals surface area contributed by atoms with Gasteiger partial charge in [-0.05, 0) is 25.6 Å². The average Bonchev–Trinajstić information content (AvgIpc) is 2.47. The fourth-order valence-electron chi connectivity index (χ4n) is 2.38. The van der Waals surface area contributed by atoms with Gasteiger partial charge in [0.2, 0.25) is 0 Å². The molecule has 3 nitrogen and oxygen atoms in total. The van der Waals surface area contributed by atoms with Crippen molar-refractivity contribution in [2.24, 2.45) is 5.73 Å². The molecule has 4 heteroatoms. The highest BCUT2D eigenvalue weighted by Crippen LogP contribution is 2.23. The Bertz CT molecular complexity index is 639. The molecule has 2 rings (SSSR count). The van der Waals surface area contributed by atoms with Crippen LogP contribution in [0.2, 0.25) is 0 Å². The molecule has 0 saturated carbocycles. The Balaban J connectivity index is 2.20. The van der Waals surface area contributed by atoms with E-state index in [1.54, 1.807) is 12.1 Å². The van der Waals surface area contributed by atoms with Crippen molar-refractivity contribution < 1.29 is 4.39 Å². The number of hydrogen-bond donors (Lipinski definition) is 2. The number of rotatable bonds is 5. The molecule has 0 fully saturated rings. The first-order valence-electron chi connectivity index (χ1n) is 6.87. The molecule has 0 spiro atoms. The van der Waals surface area contributed by atoms with E-state index < -0.39 is 0 Å². The SMILES string of the molecule is CC(c1ccccc1F)N(C)Cc1ccccc1C(=N)N. The van der Waals surface area contributed by atoms with Crippen molar-refractivity contribution in [3.05, 3.63) is 71.0 Å². The summed E-state index contributed by atoms with van der Waals surface area (Å²) in [7, 11) is 1.94. The summed E-state index contributed by atoms with van der Waals surface area (Å²) < 4.78 is 13.9. The lowest BCUT2D eigenvalue weighted by Gasteiger charge is -2.26. The second-order valence-electron chi connectivity index (χ2n) is 5.18. The van der Waals surface area contributed by atoms with Gasteiger partial charge in [-0.15, -0.1) is 0 Å². The normalized spacial score (nSPS) is 12.4. The molecule has 0 aliphatic heterocycles. The third kappa shape index (κ3) is 3.47. The minimum absolute atomic E-state index is 0.0533. The quantitative estimate of drug-likeness (QED) is 0.654. The Morgan fingerprint density at radius 3 is 2.48 bits per heavy atom. The number of hydrogen-bond acceptors (Lipinski definition) is 2. The molecule has 2 aromatic rings. The van der Waals surface area contributed by atoms with Crippen molar-refractivity contribution in [2.75, 3.05) is 7.05 Å². The highest BCUT2D eigenvalue weighted by molar-refractivity contribution is 5.96. The Morgan fingerprint density at radius 1 is 1.19 bits per heavy atom. The van der Waals surface area contributed by atoms with Gasteiger partial charge in [-0.2, -0.15) is 0 Å². The van der Waals surface area contributed by atoms with Gasteiger partial charge in [0, 0.05) is 23.7 Å². The van der Waals surface area contributed by atoms with E-state index in [1.807, 2.05) is 49.2 Å². The summed E-state index contributed by atoms with van der Waals surface area (Å²) in [6, 6.07) is 14.3. The van der Waals surface area contributed by atoms with Crippen LogP contribution in [0.3, 0.4) is 0 Å². The predicted octanol–water partition coefficient (Wildman–Crippen LogP) is 3.30. The number of halogens is 1. The molecule has 1 unspecified atom stereocenters. The number of nitrogens with two attached hydrogens (primary N) is 1. The van der Waals surface area contributed by atoms with Crippen LogP contribution < -0.4 is 5.73 Å². The van der Waals surface area contributed by atoms with Gasteiger partial charge in [-0.1, -0.05) is 42.5 Å². The molecule has 0 amide bonds. The van der Waals surface area contributed by atoms with Crippen molar-refractivity contribution in [2.45, 2.75) is 19.5 Å². The van der Waals surface area contributed by atoms with Crippen LogP contribution >= 0.6 is 0 Å². The molecule has 1 atom stereocenters. The predicted molar refractivity (Wildman–Crippen MR) is 83.7 cm³/mol. The van der Waals surface area contributed by atoms with E-state index in [-0.39, 0.29) is 17.7 Å². The van der Waals surface area contributed by atoms with Gasteiger partial charge in [0.05, 0.1) is 0 Å². The van der Waals surface area contributed by atoms with Crippen molar-refractivity contribution in [3.63, 3.8) is 0 Å². The van der Waals surface area contributed by atoms with Gasteiger partial charge in [0.25, 0.3) is 0 Å². The van der Waals surface area contributed by atoms with E-state index in [0.717, 1.165) is 11.1 Å². The maximum Gasteiger partial charge on any atom is 0.127 e. The second kappa shape index (κ2) is 6.50. The lowest BCUT2D eigenvalue weighted by atomic mass is 10.0. The van der Waals surface area contributed by atoms with Crippen molar-refractivity contribution >= 4 is 5.84 Å². The fourth-order valence-corrected chi connectivity index (χ4v) is 2.38. The summed E-state index contributed by atoms with van der Waals surface area (Å²) in [5.41, 5.74) is 7.97. The molecule has 0 radical (unpaired) electrons. The van der Waals surface area contributed by atoms with Gasteiger partial charge < -0.3 is 5.73 Å². The minimum Gasteiger partial charge on any atom is -0.384 e. The van der Waals surface area contributed by atoms with E-state index in [1.165, 1.54) is 6.07 Å². The summed E-state index contributed by atoms with van der Waals surface area (Å²) in [6.07, 6.45) is 0. The smallest absolute Gasteiger partial charge is 0.127 e. The number of benzene rings is 2. The Labute approximate surface area is 124 Å². The first-order valence-corrected chi connectivity index (χ1v) is 6.87. The largest absolute Gasteiger partial charge is 0.384 e. The highest BCUT2D eigenvalue weighted by Gasteiger charge is 2.16. The Morgan fingerprint density at radius 2 is 1.81 bits per heavy atom. The van der Waals surface area contributed by atoms with Gasteiger partial charge >= 0.3 is 0 Å². The maximum atomic E-state index is 13.9. The monoisotopic (exact) mass is 285 g/mol. The van der Waals surface area contributed by atoms with E-state index in [9.17, 15) is 4.39 Å². The minimum atomic E-state index is -0.197. The van der Waals surface area contributed by atoms with Crippen LogP contribution in [0.15, 0.2) is 48.5 Å². The third-order valence-electron chi connectivity index (χ3n) is 3.74. The molecule has 3 N–H and O–H groups in total. The first kappa shape index (κ1) is 15.2. The zero-order valence-electron chi connectivity index (χ0n) is 12.3. The summed E-state index contributed by atoms with van der Waals surface area (Å²) in [5.74, 6) is -0.144. The fraction of sp³-hybridized carbons (Fsp3) is 0.235. The molecular formula is C17H20FN3. The van der Waals surface area contributed by atoms with E-state index >= 15 is 0 Å². The van der Waals surface area contributed by atoms with Crippen LogP contribution in [0.4, 0.5) is 4.39 Å². The standard InChI is InChI=1S/C17H20FN3/c1-12(14-8-5-6-10-16(14)18)21(2)11-13-7-3-4-9-15(13)17(19)20/h3-10,12H,11H2,1-2H3,(H3,19,20). The molecule has 110 valence electrons. The van der Waals surface area contributed by atoms with Crippen LogP contribution in [0, 0.1) is 11.2 Å². The van der Waals surface area contributed by atoms with Gasteiger partial charge in [0.15, 0.2) is 0 Å². The molecule has 0 saturated heterocycles. The summed E-state index contributed by atoms with van der Waals surface area (Å²) in [4.78, 5) is 2.04. The van der Waals surface area contributed by atoms with E-state index in [4.69, 9.17) is 11.1 Å². The average molecular weight is 285 g/mol. The lowest BCUT2D eigenvalue weighted by molar-refractivity contribution is 0.248. The van der Waals surface area contributed by atoms with E-state index in [2.05, 4.69) is 0 Å². The number of amidine groups is 1. The number of nitrogens with zero attached hydrogens (tertiary/aromatic N) is 1. The molecule has 21 heavy (non-hydrogen) atoms. The third-order valence-corrected chi connectivity index (χ3v) is 3.74. The molecule has 0 heterocycles. The highest BCUT2D eigenvalue weighted by atomic mass is 19.1. The van der Waals surface area contributed by atoms with Gasteiger partial charge in [-0.3, -0.25) is 10.3 Å². The zero-order chi connectivity index (χ0) is 15.4. The summed E-state index contributed by atoms with van der Waals surface area (Å²) >= 11 is 0. The molecule has 2 aromatic carbocycles. The first-order chi connectivity index (χ1) is 10.0. The van der Waals surface area contributed by atoms with Gasteiger partial charge in [0.1, 0.15) is 11.7 Å². The Kier molecular flexibility index (Phi) is 4.70. The van der Waals surface area contributed by atoms with E-state index in [0.29, 0.717) is 12.1 Å². The molecule has 0 aliphatic carbocycles. The van der Waals surface area contributed by atoms with Crippen molar-refractivity contribution in [1.82, 2.24) is 4.90 Å². The maximum absolute atomic E-state index is 13.9. The number of nitrogen functional groups attached to an aromatic ring is 1. The summed E-state index contributed by atoms with van der Waals surface area (Å²) in [5, 5.41) is 7.63. The van der Waals surface area contributed by atoms with Crippen LogP contribution in [-0.4, -0.2) is 17.8 Å². The zero-order valence-corrected chi connectivity index (χ0v) is 12.3. The topological polar surface area (TPSA) is 53.1 Å². The molecular weight excluding hydrogens is 265 g/mol.